The number of nitrogens with zero attached hydrogens (tertiary/aromatic N) is 3. The Morgan fingerprint density at radius 3 is 2.00 bits per heavy atom. The first-order valence-electron chi connectivity index (χ1n) is 12.0. The molecule has 0 bridgehead atoms. The summed E-state index contributed by atoms with van der Waals surface area (Å²) in [5.41, 5.74) is 0.425. The number of piperidine rings is 1. The van der Waals surface area contributed by atoms with E-state index in [2.05, 4.69) is 33.9 Å². The largest absolute Gasteiger partial charge is 0.353 e. The first kappa shape index (κ1) is 23.6. The minimum atomic E-state index is 0.231. The topological polar surface area (TPSA) is 38.8 Å². The van der Waals surface area contributed by atoms with Crippen molar-refractivity contribution in [2.75, 3.05) is 52.4 Å². The summed E-state index contributed by atoms with van der Waals surface area (Å²) >= 11 is 0. The number of likely N-dealkylation sites (tertiary alicyclic amines) is 1. The highest BCUT2D eigenvalue weighted by molar-refractivity contribution is 5.76. The smallest absolute Gasteiger partial charge is 0.219 e. The Morgan fingerprint density at radius 1 is 0.964 bits per heavy atom. The van der Waals surface area contributed by atoms with E-state index in [1.807, 2.05) is 20.8 Å². The van der Waals surface area contributed by atoms with E-state index in [1.165, 1.54) is 84.5 Å². The molecule has 1 amide bonds. The summed E-state index contributed by atoms with van der Waals surface area (Å²) in [4.78, 5) is 19.6. The molecule has 0 aromatic carbocycles. The Bertz CT molecular complexity index is 452. The van der Waals surface area contributed by atoms with Crippen LogP contribution in [0.15, 0.2) is 0 Å². The van der Waals surface area contributed by atoms with Gasteiger partial charge in [0.15, 0.2) is 0 Å². The maximum absolute atomic E-state index is 11.7. The van der Waals surface area contributed by atoms with Crippen LogP contribution in [-0.2, 0) is 4.79 Å². The average molecular weight is 395 g/mol. The molecule has 5 heteroatoms. The third-order valence-electron chi connectivity index (χ3n) is 7.26. The lowest BCUT2D eigenvalue weighted by atomic mass is 9.59. The first-order valence-corrected chi connectivity index (χ1v) is 12.0. The lowest BCUT2D eigenvalue weighted by Crippen LogP contribution is -2.59. The van der Waals surface area contributed by atoms with Crippen LogP contribution < -0.4 is 5.32 Å². The summed E-state index contributed by atoms with van der Waals surface area (Å²) in [6.07, 6.45) is 6.96. The third-order valence-corrected chi connectivity index (χ3v) is 7.26. The van der Waals surface area contributed by atoms with Crippen LogP contribution in [0.25, 0.3) is 0 Å². The van der Waals surface area contributed by atoms with Crippen LogP contribution in [0.2, 0.25) is 0 Å². The van der Waals surface area contributed by atoms with Crippen molar-refractivity contribution in [3.05, 3.63) is 0 Å². The molecule has 0 aromatic heterocycles. The zero-order valence-electron chi connectivity index (χ0n) is 19.3. The molecule has 3 fully saturated rings. The van der Waals surface area contributed by atoms with Gasteiger partial charge in [0.05, 0.1) is 0 Å². The Morgan fingerprint density at radius 2 is 1.54 bits per heavy atom. The highest BCUT2D eigenvalue weighted by atomic mass is 16.1. The van der Waals surface area contributed by atoms with Gasteiger partial charge in [-0.05, 0) is 77.5 Å². The monoisotopic (exact) mass is 394 g/mol. The fourth-order valence-corrected chi connectivity index (χ4v) is 5.06. The SMILES string of the molecule is CC.CCC(=O)NC1CCC12CCN(CCCN1CCN(C(C)C)CC1)CC2. The van der Waals surface area contributed by atoms with Crippen LogP contribution in [0.1, 0.15) is 73.1 Å². The van der Waals surface area contributed by atoms with E-state index < -0.39 is 0 Å². The van der Waals surface area contributed by atoms with Crippen LogP contribution >= 0.6 is 0 Å². The zero-order chi connectivity index (χ0) is 20.6. The lowest BCUT2D eigenvalue weighted by molar-refractivity contribution is -0.125. The predicted octanol–water partition coefficient (Wildman–Crippen LogP) is 3.20. The molecule has 0 aromatic rings. The molecule has 2 aliphatic heterocycles. The van der Waals surface area contributed by atoms with Crippen LogP contribution in [0.3, 0.4) is 0 Å². The highest BCUT2D eigenvalue weighted by Gasteiger charge is 2.48. The lowest BCUT2D eigenvalue weighted by Gasteiger charge is -2.54. The van der Waals surface area contributed by atoms with Crippen molar-refractivity contribution < 1.29 is 4.79 Å². The van der Waals surface area contributed by atoms with Crippen molar-refractivity contribution in [2.45, 2.75) is 85.2 Å². The van der Waals surface area contributed by atoms with Crippen molar-refractivity contribution >= 4 is 5.91 Å². The number of nitrogens with one attached hydrogen (secondary N) is 1. The minimum absolute atomic E-state index is 0.231. The van der Waals surface area contributed by atoms with Crippen LogP contribution in [0.5, 0.6) is 0 Å². The van der Waals surface area contributed by atoms with Gasteiger partial charge in [-0.15, -0.1) is 0 Å². The molecule has 2 heterocycles. The summed E-state index contributed by atoms with van der Waals surface area (Å²) in [5, 5.41) is 3.27. The molecule has 1 atom stereocenters. The van der Waals surface area contributed by atoms with E-state index in [0.717, 1.165) is 0 Å². The van der Waals surface area contributed by atoms with E-state index in [1.54, 1.807) is 0 Å². The number of carbonyl (C=O) groups excluding carboxylic acids is 1. The predicted molar refractivity (Wildman–Crippen MR) is 119 cm³/mol. The second kappa shape index (κ2) is 11.5. The molecular weight excluding hydrogens is 348 g/mol. The normalized spacial score (nSPS) is 25.9. The van der Waals surface area contributed by atoms with Gasteiger partial charge in [0, 0.05) is 44.7 Å². The van der Waals surface area contributed by atoms with Crippen molar-refractivity contribution in [1.82, 2.24) is 20.0 Å². The van der Waals surface area contributed by atoms with Gasteiger partial charge >= 0.3 is 0 Å². The molecule has 1 spiro atoms. The second-order valence-electron chi connectivity index (χ2n) is 9.04. The molecule has 1 saturated carbocycles. The number of piperazine rings is 1. The average Bonchev–Trinajstić information content (AvgIpc) is 2.73. The van der Waals surface area contributed by atoms with Crippen molar-refractivity contribution in [1.29, 1.82) is 0 Å². The summed E-state index contributed by atoms with van der Waals surface area (Å²) < 4.78 is 0. The highest BCUT2D eigenvalue weighted by Crippen LogP contribution is 2.49. The molecule has 5 nitrogen and oxygen atoms in total. The van der Waals surface area contributed by atoms with E-state index in [-0.39, 0.29) is 5.91 Å². The van der Waals surface area contributed by atoms with Gasteiger partial charge in [0.2, 0.25) is 5.91 Å². The Labute approximate surface area is 174 Å². The number of rotatable bonds is 7. The maximum atomic E-state index is 11.7. The minimum Gasteiger partial charge on any atom is -0.353 e. The van der Waals surface area contributed by atoms with E-state index in [0.29, 0.717) is 23.9 Å². The Kier molecular flexibility index (Phi) is 9.72. The van der Waals surface area contributed by atoms with Crippen molar-refractivity contribution in [3.8, 4) is 0 Å². The van der Waals surface area contributed by atoms with Gasteiger partial charge in [-0.1, -0.05) is 20.8 Å². The standard InChI is InChI=1S/C21H40N4O.C2H6/c1-4-20(26)22-19-6-7-21(19)8-12-23(13-9-21)10-5-11-24-14-16-25(17-15-24)18(2)3;1-2/h18-19H,4-17H2,1-3H3,(H,22,26);1-2H3. The van der Waals surface area contributed by atoms with Crippen LogP contribution in [0.4, 0.5) is 0 Å². The Hall–Kier alpha value is -0.650. The molecule has 1 N–H and O–H groups in total. The van der Waals surface area contributed by atoms with Crippen LogP contribution in [0, 0.1) is 5.41 Å². The van der Waals surface area contributed by atoms with E-state index in [4.69, 9.17) is 0 Å². The van der Waals surface area contributed by atoms with Gasteiger partial charge in [-0.2, -0.15) is 0 Å². The molecular formula is C23H46N4O. The van der Waals surface area contributed by atoms with Gasteiger partial charge in [0.25, 0.3) is 0 Å². The quantitative estimate of drug-likeness (QED) is 0.720. The van der Waals surface area contributed by atoms with Gasteiger partial charge in [-0.3, -0.25) is 9.69 Å². The molecule has 1 aliphatic carbocycles. The molecule has 1 unspecified atom stereocenters. The number of carbonyl (C=O) groups is 1. The van der Waals surface area contributed by atoms with Crippen LogP contribution in [-0.4, -0.2) is 85.0 Å². The fraction of sp³-hybridized carbons (Fsp3) is 0.957. The van der Waals surface area contributed by atoms with Crippen molar-refractivity contribution in [2.24, 2.45) is 5.41 Å². The molecule has 0 radical (unpaired) electrons. The fourth-order valence-electron chi connectivity index (χ4n) is 5.06. The number of amides is 1. The summed E-state index contributed by atoms with van der Waals surface area (Å²) in [6, 6.07) is 1.14. The number of hydrogen-bond donors (Lipinski definition) is 1. The summed E-state index contributed by atoms with van der Waals surface area (Å²) in [6.45, 7) is 20.4. The van der Waals surface area contributed by atoms with Gasteiger partial charge < -0.3 is 15.1 Å². The first-order chi connectivity index (χ1) is 13.5. The molecule has 3 rings (SSSR count). The molecule has 2 saturated heterocycles. The molecule has 28 heavy (non-hydrogen) atoms. The number of hydrogen-bond acceptors (Lipinski definition) is 4. The van der Waals surface area contributed by atoms with E-state index >= 15 is 0 Å². The second-order valence-corrected chi connectivity index (χ2v) is 9.04. The zero-order valence-corrected chi connectivity index (χ0v) is 19.3. The van der Waals surface area contributed by atoms with E-state index in [9.17, 15) is 4.79 Å². The summed E-state index contributed by atoms with van der Waals surface area (Å²) in [5.74, 6) is 0.231. The molecule has 3 aliphatic rings. The Balaban J connectivity index is 0.00000136. The van der Waals surface area contributed by atoms with Gasteiger partial charge in [-0.25, -0.2) is 0 Å². The van der Waals surface area contributed by atoms with Crippen molar-refractivity contribution in [3.63, 3.8) is 0 Å². The summed E-state index contributed by atoms with van der Waals surface area (Å²) in [7, 11) is 0. The third kappa shape index (κ3) is 6.17. The van der Waals surface area contributed by atoms with Gasteiger partial charge in [0.1, 0.15) is 0 Å². The maximum Gasteiger partial charge on any atom is 0.219 e. The molecule has 164 valence electrons.